The number of aliphatic hydroxyl groups is 1. The van der Waals surface area contributed by atoms with E-state index >= 15 is 0 Å². The second kappa shape index (κ2) is 10.1. The molecule has 0 aromatic carbocycles. The topological polar surface area (TPSA) is 114 Å². The number of carbonyl (C=O) groups excluding carboxylic acids is 3. The lowest BCUT2D eigenvalue weighted by atomic mass is 9.89. The third-order valence-electron chi connectivity index (χ3n) is 3.99. The number of carbonyl (C=O) groups is 3. The molecule has 27 heavy (non-hydrogen) atoms. The molecule has 1 rings (SSSR count). The van der Waals surface area contributed by atoms with Crippen LogP contribution in [0.5, 0.6) is 0 Å². The van der Waals surface area contributed by atoms with E-state index in [1.165, 1.54) is 14.0 Å². The Morgan fingerprint density at radius 3 is 2.44 bits per heavy atom. The maximum Gasteiger partial charge on any atom is 0.408 e. The monoisotopic (exact) mass is 448 g/mol. The van der Waals surface area contributed by atoms with Gasteiger partial charge in [0, 0.05) is 4.48 Å². The summed E-state index contributed by atoms with van der Waals surface area (Å²) in [4.78, 5) is 36.2. The van der Waals surface area contributed by atoms with Crippen molar-refractivity contribution in [2.24, 2.45) is 5.92 Å². The van der Waals surface area contributed by atoms with Crippen LogP contribution in [0.4, 0.5) is 4.79 Å². The van der Waals surface area contributed by atoms with Gasteiger partial charge in [-0.2, -0.15) is 0 Å². The number of methoxy groups -OCH3 is 1. The van der Waals surface area contributed by atoms with Crippen molar-refractivity contribution in [3.63, 3.8) is 0 Å². The molecule has 154 valence electrons. The van der Waals surface area contributed by atoms with Crippen molar-refractivity contribution in [3.05, 3.63) is 10.6 Å². The van der Waals surface area contributed by atoms with Crippen LogP contribution in [0.2, 0.25) is 0 Å². The van der Waals surface area contributed by atoms with Crippen LogP contribution in [0.1, 0.15) is 47.0 Å². The number of aliphatic hydroxyl groups excluding tert-OH is 1. The number of alkyl carbamates (subject to hydrolysis) is 1. The van der Waals surface area contributed by atoms with Crippen molar-refractivity contribution < 1.29 is 29.0 Å². The largest absolute Gasteiger partial charge is 0.467 e. The lowest BCUT2D eigenvalue weighted by molar-refractivity contribution is -0.145. The molecule has 1 aliphatic rings. The molecule has 0 radical (unpaired) electrons. The van der Waals surface area contributed by atoms with Crippen molar-refractivity contribution in [2.45, 2.75) is 70.7 Å². The van der Waals surface area contributed by atoms with Gasteiger partial charge in [0.1, 0.15) is 17.7 Å². The Bertz CT molecular complexity index is 587. The summed E-state index contributed by atoms with van der Waals surface area (Å²) in [7, 11) is 1.25. The first kappa shape index (κ1) is 23.4. The average molecular weight is 449 g/mol. The fourth-order valence-corrected chi connectivity index (χ4v) is 3.22. The molecule has 0 heterocycles. The van der Waals surface area contributed by atoms with E-state index < -0.39 is 41.8 Å². The van der Waals surface area contributed by atoms with Gasteiger partial charge in [-0.05, 0) is 52.9 Å². The average Bonchev–Trinajstić information content (AvgIpc) is 2.54. The summed E-state index contributed by atoms with van der Waals surface area (Å²) >= 11 is 3.31. The molecule has 8 nitrogen and oxygen atoms in total. The lowest BCUT2D eigenvalue weighted by Crippen LogP contribution is -2.51. The van der Waals surface area contributed by atoms with Gasteiger partial charge in [-0.3, -0.25) is 4.79 Å². The Hall–Kier alpha value is -1.61. The highest BCUT2D eigenvalue weighted by molar-refractivity contribution is 9.11. The van der Waals surface area contributed by atoms with Crippen LogP contribution in [0, 0.1) is 5.92 Å². The fraction of sp³-hybridized carbons (Fsp3) is 0.722. The maximum atomic E-state index is 12.4. The molecule has 1 unspecified atom stereocenters. The first-order valence-corrected chi connectivity index (χ1v) is 9.65. The predicted octanol–water partition coefficient (Wildman–Crippen LogP) is 2.00. The van der Waals surface area contributed by atoms with E-state index in [4.69, 9.17) is 9.47 Å². The number of esters is 1. The van der Waals surface area contributed by atoms with E-state index in [0.29, 0.717) is 23.7 Å². The van der Waals surface area contributed by atoms with Crippen LogP contribution in [-0.4, -0.2) is 54.0 Å². The van der Waals surface area contributed by atoms with Gasteiger partial charge in [-0.25, -0.2) is 9.59 Å². The SMILES string of the molecule is COC(=O)[C@H](C[C@H]1C=C(Br)C(O)CC1)NC(=O)[C@H](C)NC(=O)OC(C)(C)C. The minimum Gasteiger partial charge on any atom is -0.467 e. The van der Waals surface area contributed by atoms with Crippen LogP contribution in [-0.2, 0) is 19.1 Å². The molecular formula is C18H29BrN2O6. The first-order chi connectivity index (χ1) is 12.4. The summed E-state index contributed by atoms with van der Waals surface area (Å²) in [6, 6.07) is -1.75. The molecule has 0 saturated carbocycles. The quantitative estimate of drug-likeness (QED) is 0.535. The molecule has 0 aliphatic heterocycles. The van der Waals surface area contributed by atoms with E-state index in [1.807, 2.05) is 6.08 Å². The highest BCUT2D eigenvalue weighted by atomic mass is 79.9. The van der Waals surface area contributed by atoms with Gasteiger partial charge in [0.2, 0.25) is 5.91 Å². The van der Waals surface area contributed by atoms with E-state index in [9.17, 15) is 19.5 Å². The molecule has 0 saturated heterocycles. The predicted molar refractivity (Wildman–Crippen MR) is 103 cm³/mol. The zero-order chi connectivity index (χ0) is 20.8. The number of ether oxygens (including phenoxy) is 2. The standard InChI is InChI=1S/C18H29BrN2O6/c1-10(20-17(25)27-18(2,3)4)15(23)21-13(16(24)26-5)9-11-6-7-14(22)12(19)8-11/h8,10-11,13-14,22H,6-7,9H2,1-5H3,(H,20,25)(H,21,23)/t10-,11+,13-,14?/m0/s1. The van der Waals surface area contributed by atoms with Gasteiger partial charge in [-0.15, -0.1) is 0 Å². The summed E-state index contributed by atoms with van der Waals surface area (Å²) in [5, 5.41) is 14.8. The lowest BCUT2D eigenvalue weighted by Gasteiger charge is -2.27. The molecule has 2 amide bonds. The molecule has 0 fully saturated rings. The normalized spacial score (nSPS) is 22.1. The Labute approximate surface area is 168 Å². The Balaban J connectivity index is 2.69. The van der Waals surface area contributed by atoms with Crippen LogP contribution >= 0.6 is 15.9 Å². The highest BCUT2D eigenvalue weighted by Gasteiger charge is 2.30. The zero-order valence-electron chi connectivity index (χ0n) is 16.4. The van der Waals surface area contributed by atoms with Gasteiger partial charge >= 0.3 is 12.1 Å². The van der Waals surface area contributed by atoms with Crippen LogP contribution in [0.15, 0.2) is 10.6 Å². The second-order valence-corrected chi connectivity index (χ2v) is 8.51. The third kappa shape index (κ3) is 8.30. The number of rotatable bonds is 6. The van der Waals surface area contributed by atoms with Crippen LogP contribution < -0.4 is 10.6 Å². The summed E-state index contributed by atoms with van der Waals surface area (Å²) < 4.78 is 10.6. The Morgan fingerprint density at radius 1 is 1.30 bits per heavy atom. The van der Waals surface area contributed by atoms with Crippen molar-refractivity contribution in [1.29, 1.82) is 0 Å². The summed E-state index contributed by atoms with van der Waals surface area (Å²) in [6.07, 6.45) is 2.18. The van der Waals surface area contributed by atoms with Gasteiger partial charge < -0.3 is 25.2 Å². The van der Waals surface area contributed by atoms with Crippen LogP contribution in [0.25, 0.3) is 0 Å². The van der Waals surface area contributed by atoms with Crippen molar-refractivity contribution >= 4 is 33.9 Å². The number of allylic oxidation sites excluding steroid dienone is 1. The van der Waals surface area contributed by atoms with Gasteiger partial charge in [-0.1, -0.05) is 22.0 Å². The molecule has 0 aromatic heterocycles. The molecule has 0 aromatic rings. The Kier molecular flexibility index (Phi) is 8.74. The number of hydrogen-bond donors (Lipinski definition) is 3. The molecule has 3 N–H and O–H groups in total. The highest BCUT2D eigenvalue weighted by Crippen LogP contribution is 2.29. The van der Waals surface area contributed by atoms with E-state index in [1.54, 1.807) is 20.8 Å². The summed E-state index contributed by atoms with van der Waals surface area (Å²) in [6.45, 7) is 6.66. The molecule has 9 heteroatoms. The molecular weight excluding hydrogens is 420 g/mol. The van der Waals surface area contributed by atoms with Gasteiger partial charge in [0.05, 0.1) is 13.2 Å². The Morgan fingerprint density at radius 2 is 1.93 bits per heavy atom. The molecule has 4 atom stereocenters. The zero-order valence-corrected chi connectivity index (χ0v) is 18.0. The summed E-state index contributed by atoms with van der Waals surface area (Å²) in [5.74, 6) is -1.08. The minimum absolute atomic E-state index is 0.00120. The number of amides is 2. The van der Waals surface area contributed by atoms with Crippen molar-refractivity contribution in [2.75, 3.05) is 7.11 Å². The molecule has 1 aliphatic carbocycles. The van der Waals surface area contributed by atoms with Crippen LogP contribution in [0.3, 0.4) is 0 Å². The van der Waals surface area contributed by atoms with E-state index in [-0.39, 0.29) is 5.92 Å². The second-order valence-electron chi connectivity index (χ2n) is 7.59. The molecule has 0 spiro atoms. The number of hydrogen-bond acceptors (Lipinski definition) is 6. The van der Waals surface area contributed by atoms with Gasteiger partial charge in [0.15, 0.2) is 0 Å². The van der Waals surface area contributed by atoms with E-state index in [2.05, 4.69) is 26.6 Å². The number of halogens is 1. The smallest absolute Gasteiger partial charge is 0.408 e. The number of nitrogens with one attached hydrogen (secondary N) is 2. The maximum absolute atomic E-state index is 12.4. The summed E-state index contributed by atoms with van der Waals surface area (Å²) in [5.41, 5.74) is -0.680. The van der Waals surface area contributed by atoms with Gasteiger partial charge in [0.25, 0.3) is 0 Å². The molecule has 0 bridgehead atoms. The first-order valence-electron chi connectivity index (χ1n) is 8.86. The van der Waals surface area contributed by atoms with Crippen molar-refractivity contribution in [1.82, 2.24) is 10.6 Å². The third-order valence-corrected chi connectivity index (χ3v) is 4.78. The minimum atomic E-state index is -0.887. The van der Waals surface area contributed by atoms with Crippen molar-refractivity contribution in [3.8, 4) is 0 Å². The fourth-order valence-electron chi connectivity index (χ4n) is 2.62. The van der Waals surface area contributed by atoms with E-state index in [0.717, 1.165) is 0 Å².